The molecule has 12 aromatic rings. The third-order valence-corrected chi connectivity index (χ3v) is 20.1. The molecular formula is C85H106BrClF3N21O4S2. The normalized spacial score (nSPS) is 15.6. The highest BCUT2D eigenvalue weighted by atomic mass is 79.9. The minimum absolute atomic E-state index is 0. The summed E-state index contributed by atoms with van der Waals surface area (Å²) < 4.78 is 52.0. The molecule has 3 aromatic carbocycles. The van der Waals surface area contributed by atoms with Gasteiger partial charge in [0.25, 0.3) is 0 Å². The maximum atomic E-state index is 13.5. The Morgan fingerprint density at radius 1 is 0.479 bits per heavy atom. The Morgan fingerprint density at radius 2 is 0.846 bits per heavy atom. The SMILES string of the molecule is CC(C)c1cnc(-c2ccc(F)cc2)nc1Nc1ccnc2[nH]cc(Br)c12.CC(C)c1cnc(-c2ccc(F)cc2)nc1Nc1ccnc2[nH]cc(N3CCN(C(=O)OC(C)(C)C)[C@@H](C)C3)c12.CC(C)c1cnc(-c2ccc(F)cc2)nc1Nc1ccnc2[nH]cc(N3CCN[C@@H](C)C3)c12.C[C@H]1CNCCN1C(=O)OC(C)(C)C.Cl.S.S. The summed E-state index contributed by atoms with van der Waals surface area (Å²) >= 11 is 3.56. The topological polar surface area (TPSA) is 289 Å². The fourth-order valence-corrected chi connectivity index (χ4v) is 14.1. The second kappa shape index (κ2) is 39.8. The summed E-state index contributed by atoms with van der Waals surface area (Å²) in [6, 6.07) is 25.0. The lowest BCUT2D eigenvalue weighted by atomic mass is 10.1. The number of carbonyl (C=O) groups excluding carboxylic acids is 2. The van der Waals surface area contributed by atoms with Crippen molar-refractivity contribution in [3.05, 3.63) is 185 Å². The highest BCUT2D eigenvalue weighted by Crippen LogP contribution is 2.40. The summed E-state index contributed by atoms with van der Waals surface area (Å²) in [6.07, 6.45) is 16.2. The van der Waals surface area contributed by atoms with E-state index in [1.807, 2.05) is 111 Å². The van der Waals surface area contributed by atoms with Crippen LogP contribution in [0.2, 0.25) is 0 Å². The van der Waals surface area contributed by atoms with E-state index in [0.29, 0.717) is 49.0 Å². The smallest absolute Gasteiger partial charge is 0.410 e. The van der Waals surface area contributed by atoms with Crippen molar-refractivity contribution in [3.63, 3.8) is 0 Å². The number of nitrogens with zero attached hydrogens (tertiary/aromatic N) is 13. The fraction of sp³-hybridized carbons (Fsp3) is 0.376. The largest absolute Gasteiger partial charge is 0.444 e. The number of pyridine rings is 3. The second-order valence-corrected chi connectivity index (χ2v) is 32.4. The number of aromatic amines is 3. The van der Waals surface area contributed by atoms with Gasteiger partial charge >= 0.3 is 12.2 Å². The molecule has 8 N–H and O–H groups in total. The van der Waals surface area contributed by atoms with Crippen molar-refractivity contribution in [1.29, 1.82) is 0 Å². The molecule has 0 saturated carbocycles. The van der Waals surface area contributed by atoms with Gasteiger partial charge in [-0.3, -0.25) is 0 Å². The number of nitrogens with one attached hydrogen (secondary N) is 8. The first kappa shape index (κ1) is 90.6. The van der Waals surface area contributed by atoms with Crippen LogP contribution in [0.25, 0.3) is 67.3 Å². The molecular weight excluding hydrogens is 1620 g/mol. The molecule has 3 aliphatic rings. The van der Waals surface area contributed by atoms with Crippen molar-refractivity contribution in [2.45, 2.75) is 151 Å². The molecule has 3 fully saturated rings. The van der Waals surface area contributed by atoms with Crippen LogP contribution in [0.3, 0.4) is 0 Å². The van der Waals surface area contributed by atoms with E-state index in [1.54, 1.807) is 64.8 Å². The molecule has 117 heavy (non-hydrogen) atoms. The number of carbonyl (C=O) groups is 2. The van der Waals surface area contributed by atoms with Crippen molar-refractivity contribution in [2.75, 3.05) is 84.7 Å². The van der Waals surface area contributed by atoms with Gasteiger partial charge in [0.2, 0.25) is 0 Å². The van der Waals surface area contributed by atoms with E-state index < -0.39 is 11.2 Å². The highest BCUT2D eigenvalue weighted by molar-refractivity contribution is 9.10. The third-order valence-electron chi connectivity index (χ3n) is 19.4. The van der Waals surface area contributed by atoms with Gasteiger partial charge in [-0.25, -0.2) is 67.6 Å². The Balaban J connectivity index is 0.000000185. The van der Waals surface area contributed by atoms with Gasteiger partial charge < -0.3 is 70.6 Å². The standard InChI is InChI=1S/C30H36FN7O2.C25H28FN7.C20H17BrFN5.C10H20N2O2.ClH.2H2S/c1-18(2)22-15-33-26(20-7-9-21(31)10-8-20)36-27(22)35-23-11-12-32-28-25(23)24(16-34-28)37-13-14-38(19(3)17-37)29(39)40-30(4,5)6;1-15(2)19-12-29-23(17-4-6-18(26)7-5-17)32-24(19)31-20-8-9-28-25-22(20)21(13-30-25)33-11-10-27-16(3)14-33;1-11(2)14-9-24-18(12-3-5-13(22)6-4-12)27-19(14)26-16-7-8-23-20-17(16)15(21)10-25-20;1-8-7-11-5-6-12(8)9(13)14-10(2,3)4;;;/h7-12,15-16,18-19H,13-14,17H2,1-6H3,(H2,32,33,34,35,36);4-9,12-13,15-16,27H,10-11,14H2,1-3H3,(H2,28,29,30,31,32);3-11H,1-2H3,(H2,23,24,25,26,27);8,11H,5-7H2,1-4H3;1H;2*1H2/t19-;16-;;8-;;;/m00.0.../s1. The molecule has 0 bridgehead atoms. The average Bonchev–Trinajstić information content (AvgIpc) is 1.67. The van der Waals surface area contributed by atoms with Gasteiger partial charge in [0.05, 0.1) is 44.6 Å². The number of rotatable bonds is 14. The molecule has 25 nitrogen and oxygen atoms in total. The molecule has 622 valence electrons. The predicted molar refractivity (Wildman–Crippen MR) is 478 cm³/mol. The maximum Gasteiger partial charge on any atom is 0.410 e. The second-order valence-electron chi connectivity index (χ2n) is 31.6. The predicted octanol–water partition coefficient (Wildman–Crippen LogP) is 18.9. The summed E-state index contributed by atoms with van der Waals surface area (Å²) in [5.74, 6) is 3.53. The van der Waals surface area contributed by atoms with Crippen LogP contribution in [-0.4, -0.2) is 170 Å². The molecule has 3 atom stereocenters. The van der Waals surface area contributed by atoms with Crippen LogP contribution in [0.15, 0.2) is 151 Å². The van der Waals surface area contributed by atoms with Crippen LogP contribution in [0.5, 0.6) is 0 Å². The van der Waals surface area contributed by atoms with Crippen molar-refractivity contribution >= 4 is 147 Å². The Bertz CT molecular complexity index is 5320. The molecule has 3 aliphatic heterocycles. The quantitative estimate of drug-likeness (QED) is 0.0502. The molecule has 0 radical (unpaired) electrons. The Morgan fingerprint density at radius 3 is 1.21 bits per heavy atom. The lowest BCUT2D eigenvalue weighted by Gasteiger charge is -2.41. The number of benzene rings is 3. The number of halogens is 5. The molecule has 9 aromatic heterocycles. The van der Waals surface area contributed by atoms with Gasteiger partial charge in [0.1, 0.15) is 63.0 Å². The number of ether oxygens (including phenoxy) is 2. The van der Waals surface area contributed by atoms with E-state index in [4.69, 9.17) is 24.4 Å². The first-order valence-corrected chi connectivity index (χ1v) is 39.4. The molecule has 2 amide bonds. The number of amides is 2. The number of piperazine rings is 3. The molecule has 0 unspecified atom stereocenters. The van der Waals surface area contributed by atoms with Crippen LogP contribution < -0.4 is 36.4 Å². The van der Waals surface area contributed by atoms with Crippen molar-refractivity contribution in [2.24, 2.45) is 0 Å². The number of hydrogen-bond donors (Lipinski definition) is 8. The molecule has 0 spiro atoms. The zero-order valence-corrected chi connectivity index (χ0v) is 73.0. The van der Waals surface area contributed by atoms with Gasteiger partial charge in [-0.15, -0.1) is 12.4 Å². The van der Waals surface area contributed by atoms with Crippen molar-refractivity contribution < 1.29 is 32.2 Å². The van der Waals surface area contributed by atoms with Crippen molar-refractivity contribution in [3.8, 4) is 34.2 Å². The van der Waals surface area contributed by atoms with Crippen LogP contribution >= 0.6 is 55.3 Å². The number of aromatic nitrogens is 12. The van der Waals surface area contributed by atoms with E-state index in [-0.39, 0.29) is 98.9 Å². The molecule has 12 heterocycles. The number of H-pyrrole nitrogens is 3. The Labute approximate surface area is 709 Å². The van der Waals surface area contributed by atoms with E-state index in [0.717, 1.165) is 150 Å². The first-order chi connectivity index (χ1) is 54.4. The summed E-state index contributed by atoms with van der Waals surface area (Å²) in [5, 5.41) is 20.2. The summed E-state index contributed by atoms with van der Waals surface area (Å²) in [4.78, 5) is 83.9. The number of fused-ring (bicyclic) bond motifs is 3. The van der Waals surface area contributed by atoms with Gasteiger partial charge in [0.15, 0.2) is 17.5 Å². The average molecular weight is 1720 g/mol. The minimum atomic E-state index is -0.538. The lowest BCUT2D eigenvalue weighted by molar-refractivity contribution is 0.0136. The van der Waals surface area contributed by atoms with Crippen LogP contribution in [0.1, 0.15) is 138 Å². The number of anilines is 8. The van der Waals surface area contributed by atoms with Gasteiger partial charge in [-0.2, -0.15) is 27.0 Å². The molecule has 15 rings (SSSR count). The maximum absolute atomic E-state index is 13.5. The van der Waals surface area contributed by atoms with E-state index in [9.17, 15) is 22.8 Å². The molecule has 3 saturated heterocycles. The van der Waals surface area contributed by atoms with Gasteiger partial charge in [0, 0.05) is 171 Å². The molecule has 32 heteroatoms. The number of hydrogen-bond acceptors (Lipinski definition) is 20. The van der Waals surface area contributed by atoms with Gasteiger partial charge in [-0.1, -0.05) is 41.5 Å². The van der Waals surface area contributed by atoms with E-state index in [2.05, 4.69) is 146 Å². The third kappa shape index (κ3) is 22.7. The highest BCUT2D eigenvalue weighted by Gasteiger charge is 2.34. The Kier molecular flexibility index (Phi) is 30.8. The van der Waals surface area contributed by atoms with Crippen molar-refractivity contribution in [1.82, 2.24) is 80.2 Å². The zero-order chi connectivity index (χ0) is 81.3. The Hall–Kier alpha value is -10.3. The molecule has 0 aliphatic carbocycles. The minimum Gasteiger partial charge on any atom is -0.444 e. The summed E-state index contributed by atoms with van der Waals surface area (Å²) in [5.41, 5.74) is 11.5. The van der Waals surface area contributed by atoms with Crippen LogP contribution in [0.4, 0.5) is 68.7 Å². The monoisotopic (exact) mass is 1720 g/mol. The summed E-state index contributed by atoms with van der Waals surface area (Å²) in [7, 11) is 0. The van der Waals surface area contributed by atoms with E-state index >= 15 is 0 Å². The van der Waals surface area contributed by atoms with Crippen LogP contribution in [-0.2, 0) is 9.47 Å². The fourth-order valence-electron chi connectivity index (χ4n) is 13.6. The summed E-state index contributed by atoms with van der Waals surface area (Å²) in [6.45, 7) is 37.3. The zero-order valence-electron chi connectivity index (χ0n) is 68.6. The van der Waals surface area contributed by atoms with Gasteiger partial charge in [-0.05, 0) is 187 Å². The van der Waals surface area contributed by atoms with E-state index in [1.165, 1.54) is 36.4 Å². The van der Waals surface area contributed by atoms with Crippen LogP contribution in [0, 0.1) is 17.5 Å². The first-order valence-electron chi connectivity index (χ1n) is 38.6. The lowest BCUT2D eigenvalue weighted by Crippen LogP contribution is -2.55.